The molecule has 0 saturated carbocycles. The van der Waals surface area contributed by atoms with E-state index in [1.54, 1.807) is 0 Å². The van der Waals surface area contributed by atoms with Crippen molar-refractivity contribution < 1.29 is 4.57 Å². The molecule has 3 nitrogen and oxygen atoms in total. The lowest BCUT2D eigenvalue weighted by Crippen LogP contribution is -2.29. The largest absolute Gasteiger partial charge is 0.309 e. The van der Waals surface area contributed by atoms with Crippen molar-refractivity contribution in [2.75, 3.05) is 0 Å². The summed E-state index contributed by atoms with van der Waals surface area (Å²) >= 11 is 0. The van der Waals surface area contributed by atoms with Gasteiger partial charge in [-0.25, -0.2) is 9.97 Å². The first-order chi connectivity index (χ1) is 29.1. The smallest absolute Gasteiger partial charge is 0.171 e. The lowest BCUT2D eigenvalue weighted by Gasteiger charge is -2.34. The quantitative estimate of drug-likeness (QED) is 0.152. The Balaban J connectivity index is 1.17. The van der Waals surface area contributed by atoms with Crippen molar-refractivity contribution in [3.63, 3.8) is 0 Å². The molecule has 0 spiro atoms. The Bertz CT molecular complexity index is 3110. The topological polar surface area (TPSA) is 42.9 Å². The van der Waals surface area contributed by atoms with Crippen LogP contribution in [0.1, 0.15) is 22.3 Å². The molecule has 0 bridgehead atoms. The van der Waals surface area contributed by atoms with Crippen LogP contribution < -0.4 is 15.9 Å². The highest BCUT2D eigenvalue weighted by Crippen LogP contribution is 2.58. The van der Waals surface area contributed by atoms with Gasteiger partial charge < -0.3 is 4.57 Å². The van der Waals surface area contributed by atoms with Crippen LogP contribution in [0.25, 0.3) is 55.4 Å². The van der Waals surface area contributed by atoms with E-state index in [2.05, 4.69) is 170 Å². The van der Waals surface area contributed by atoms with Crippen LogP contribution in [0.5, 0.6) is 0 Å². The summed E-state index contributed by atoms with van der Waals surface area (Å²) in [4.78, 5) is 10.9. The van der Waals surface area contributed by atoms with Crippen LogP contribution in [-0.4, -0.2) is 9.97 Å². The maximum Gasteiger partial charge on any atom is 0.171 e. The summed E-state index contributed by atoms with van der Waals surface area (Å²) in [5, 5.41) is 6.72. The Kier molecular flexibility index (Phi) is 8.32. The van der Waals surface area contributed by atoms with Crippen LogP contribution >= 0.6 is 7.14 Å². The molecule has 0 N–H and O–H groups in total. The van der Waals surface area contributed by atoms with Gasteiger partial charge in [-0.1, -0.05) is 212 Å². The lowest BCUT2D eigenvalue weighted by atomic mass is 9.67. The highest BCUT2D eigenvalue weighted by molar-refractivity contribution is 7.85. The maximum absolute atomic E-state index is 16.2. The molecule has 0 atom stereocenters. The average molecular weight is 773 g/mol. The number of benzene rings is 9. The molecule has 1 aliphatic rings. The molecule has 9 aromatic carbocycles. The van der Waals surface area contributed by atoms with Gasteiger partial charge in [0, 0.05) is 38.2 Å². The predicted molar refractivity (Wildman–Crippen MR) is 245 cm³/mol. The van der Waals surface area contributed by atoms with Gasteiger partial charge in [0.1, 0.15) is 0 Å². The summed E-state index contributed by atoms with van der Waals surface area (Å²) in [5.74, 6) is 0.660. The van der Waals surface area contributed by atoms with Gasteiger partial charge in [-0.15, -0.1) is 0 Å². The van der Waals surface area contributed by atoms with Crippen molar-refractivity contribution in [3.8, 4) is 33.9 Å². The average Bonchev–Trinajstić information content (AvgIpc) is 3.62. The molecule has 0 unspecified atom stereocenters. The van der Waals surface area contributed by atoms with Gasteiger partial charge in [0.2, 0.25) is 0 Å². The normalized spacial score (nSPS) is 12.9. The van der Waals surface area contributed by atoms with Crippen LogP contribution in [0, 0.1) is 0 Å². The molecule has 0 saturated heterocycles. The minimum atomic E-state index is -3.37. The van der Waals surface area contributed by atoms with E-state index in [4.69, 9.17) is 9.97 Å². The fourth-order valence-corrected chi connectivity index (χ4v) is 11.9. The zero-order valence-electron chi connectivity index (χ0n) is 32.1. The second-order valence-corrected chi connectivity index (χ2v) is 18.0. The van der Waals surface area contributed by atoms with E-state index in [0.717, 1.165) is 82.2 Å². The highest BCUT2D eigenvalue weighted by Gasteiger charge is 2.49. The van der Waals surface area contributed by atoms with Crippen molar-refractivity contribution in [1.82, 2.24) is 9.97 Å². The first-order valence-electron chi connectivity index (χ1n) is 20.0. The van der Waals surface area contributed by atoms with Crippen LogP contribution in [0.15, 0.2) is 224 Å². The fraction of sp³-hybridized carbons (Fsp3) is 0.0182. The molecule has 11 rings (SSSR count). The van der Waals surface area contributed by atoms with Crippen molar-refractivity contribution in [2.45, 2.75) is 5.41 Å². The summed E-state index contributed by atoms with van der Waals surface area (Å²) in [6.07, 6.45) is 0. The number of hydrogen-bond donors (Lipinski definition) is 0. The van der Waals surface area contributed by atoms with E-state index in [0.29, 0.717) is 5.82 Å². The zero-order valence-corrected chi connectivity index (χ0v) is 33.0. The van der Waals surface area contributed by atoms with Crippen molar-refractivity contribution in [2.24, 2.45) is 0 Å². The van der Waals surface area contributed by atoms with E-state index >= 15 is 4.57 Å². The molecule has 278 valence electrons. The number of fused-ring (bicyclic) bond motifs is 5. The van der Waals surface area contributed by atoms with Gasteiger partial charge in [-0.3, -0.25) is 0 Å². The summed E-state index contributed by atoms with van der Waals surface area (Å²) in [6, 6.07) is 77.8. The molecule has 1 heterocycles. The van der Waals surface area contributed by atoms with Crippen LogP contribution in [0.4, 0.5) is 0 Å². The molecule has 0 amide bonds. The van der Waals surface area contributed by atoms with E-state index in [1.165, 1.54) is 5.56 Å². The number of nitrogens with zero attached hydrogens (tertiary/aromatic N) is 2. The molecule has 1 aliphatic carbocycles. The van der Waals surface area contributed by atoms with Crippen LogP contribution in [0.2, 0.25) is 0 Å². The summed E-state index contributed by atoms with van der Waals surface area (Å²) in [6.45, 7) is 0. The zero-order chi connectivity index (χ0) is 39.4. The third kappa shape index (κ3) is 5.54. The van der Waals surface area contributed by atoms with Gasteiger partial charge in [0.15, 0.2) is 13.0 Å². The first-order valence-corrected chi connectivity index (χ1v) is 21.7. The second kappa shape index (κ2) is 14.0. The predicted octanol–water partition coefficient (Wildman–Crippen LogP) is 12.1. The van der Waals surface area contributed by atoms with Gasteiger partial charge in [0.05, 0.1) is 16.8 Å². The van der Waals surface area contributed by atoms with E-state index in [-0.39, 0.29) is 0 Å². The Morgan fingerprint density at radius 2 is 0.831 bits per heavy atom. The summed E-state index contributed by atoms with van der Waals surface area (Å²) in [5.41, 5.74) is 8.50. The van der Waals surface area contributed by atoms with Gasteiger partial charge in [-0.05, 0) is 50.4 Å². The van der Waals surface area contributed by atoms with Crippen molar-refractivity contribution >= 4 is 44.6 Å². The third-order valence-corrected chi connectivity index (χ3v) is 15.0. The van der Waals surface area contributed by atoms with Gasteiger partial charge >= 0.3 is 0 Å². The lowest BCUT2D eigenvalue weighted by molar-refractivity contribution is 0.592. The molecular formula is C55H37N2OP. The highest BCUT2D eigenvalue weighted by atomic mass is 31.2. The summed E-state index contributed by atoms with van der Waals surface area (Å²) < 4.78 is 16.2. The Hall–Kier alpha value is -7.19. The van der Waals surface area contributed by atoms with Crippen LogP contribution in [0.3, 0.4) is 0 Å². The third-order valence-electron chi connectivity index (χ3n) is 12.0. The second-order valence-electron chi connectivity index (χ2n) is 15.2. The number of rotatable bonds is 7. The minimum Gasteiger partial charge on any atom is -0.309 e. The van der Waals surface area contributed by atoms with Crippen molar-refractivity contribution in [3.05, 3.63) is 247 Å². The Morgan fingerprint density at radius 1 is 0.373 bits per heavy atom. The Labute approximate surface area is 343 Å². The molecule has 0 radical (unpaired) electrons. The van der Waals surface area contributed by atoms with E-state index in [9.17, 15) is 0 Å². The molecule has 10 aromatic rings. The van der Waals surface area contributed by atoms with E-state index < -0.39 is 12.6 Å². The molecular weight excluding hydrogens is 736 g/mol. The summed E-state index contributed by atoms with van der Waals surface area (Å²) in [7, 11) is -3.37. The monoisotopic (exact) mass is 772 g/mol. The molecule has 0 fully saturated rings. The van der Waals surface area contributed by atoms with Gasteiger partial charge in [0.25, 0.3) is 0 Å². The van der Waals surface area contributed by atoms with Crippen molar-refractivity contribution in [1.29, 1.82) is 0 Å². The molecule has 4 heteroatoms. The fourth-order valence-electron chi connectivity index (χ4n) is 9.25. The minimum absolute atomic E-state index is 0.660. The SMILES string of the molecule is O=P(c1ccc(-c2nc(-c3ccccc3)nc3c2C(c2ccccc2)(c2ccccc2)c2ccccc2-3)cc1)(c1ccc2ccccc2c1)c1ccc2ccccc2c1. The number of aromatic nitrogens is 2. The van der Waals surface area contributed by atoms with E-state index in [1.807, 2.05) is 54.6 Å². The van der Waals surface area contributed by atoms with Crippen LogP contribution in [-0.2, 0) is 9.98 Å². The molecule has 0 aliphatic heterocycles. The molecule has 1 aromatic heterocycles. The maximum atomic E-state index is 16.2. The van der Waals surface area contributed by atoms with Gasteiger partial charge in [-0.2, -0.15) is 0 Å². The standard InChI is InChI=1S/C55H37N2OP/c58-59(47-34-28-38-16-10-12-20-42(38)36-47,48-35-29-39-17-11-13-21-43(39)37-48)46-32-30-40(31-33-46)52-51-53(57-54(56-52)41-18-4-1-5-19-41)49-26-14-15-27-50(49)55(51,44-22-6-2-7-23-44)45-24-8-3-9-25-45/h1-37H. The first kappa shape index (κ1) is 35.0. The molecule has 59 heavy (non-hydrogen) atoms. The Morgan fingerprint density at radius 3 is 1.41 bits per heavy atom. The number of hydrogen-bond acceptors (Lipinski definition) is 3.